The third-order valence-electron chi connectivity index (χ3n) is 5.84. The van der Waals surface area contributed by atoms with E-state index in [-0.39, 0.29) is 17.8 Å². The number of rotatable bonds is 5. The predicted octanol–water partition coefficient (Wildman–Crippen LogP) is 4.30. The molecular formula is C27H26N2O5. The van der Waals surface area contributed by atoms with E-state index in [1.54, 1.807) is 20.0 Å². The van der Waals surface area contributed by atoms with Gasteiger partial charge in [0, 0.05) is 30.1 Å². The molecule has 1 aromatic heterocycles. The van der Waals surface area contributed by atoms with Gasteiger partial charge in [-0.2, -0.15) is 0 Å². The first-order valence-corrected chi connectivity index (χ1v) is 11.4. The molecule has 5 rings (SSSR count). The molecule has 0 spiro atoms. The fourth-order valence-electron chi connectivity index (χ4n) is 4.27. The monoisotopic (exact) mass is 458 g/mol. The Balaban J connectivity index is 1.40. The van der Waals surface area contributed by atoms with Crippen LogP contribution in [0.25, 0.3) is 16.5 Å². The van der Waals surface area contributed by atoms with Crippen molar-refractivity contribution in [3.8, 4) is 0 Å². The third kappa shape index (κ3) is 4.29. The first kappa shape index (κ1) is 21.8. The lowest BCUT2D eigenvalue weighted by molar-refractivity contribution is -0.140. The Morgan fingerprint density at radius 1 is 1.12 bits per heavy atom. The topological polar surface area (TPSA) is 80.9 Å². The number of nitrogens with zero attached hydrogens (tertiary/aromatic N) is 1. The number of H-pyrrole nitrogens is 1. The fourth-order valence-corrected chi connectivity index (χ4v) is 4.27. The maximum Gasteiger partial charge on any atom is 0.342 e. The summed E-state index contributed by atoms with van der Waals surface area (Å²) >= 11 is 0. The van der Waals surface area contributed by atoms with Gasteiger partial charge < -0.3 is 24.1 Å². The van der Waals surface area contributed by atoms with Gasteiger partial charge in [0.2, 0.25) is 12.0 Å². The molecule has 1 N–H and O–H groups in total. The minimum Gasteiger partial charge on any atom is -0.459 e. The second-order valence-corrected chi connectivity index (χ2v) is 8.62. The Kier molecular flexibility index (Phi) is 5.84. The minimum atomic E-state index is -0.570. The zero-order valence-electron chi connectivity index (χ0n) is 19.1. The van der Waals surface area contributed by atoms with Gasteiger partial charge in [0.15, 0.2) is 0 Å². The molecule has 0 saturated carbocycles. The van der Waals surface area contributed by atoms with Crippen molar-refractivity contribution in [3.63, 3.8) is 0 Å². The molecule has 1 unspecified atom stereocenters. The van der Waals surface area contributed by atoms with Crippen LogP contribution in [0.2, 0.25) is 0 Å². The highest BCUT2D eigenvalue weighted by molar-refractivity contribution is 6.18. The normalized spacial score (nSPS) is 17.4. The number of hydrogen-bond acceptors (Lipinski definition) is 5. The SMILES string of the molecule is CC(C)OC(=O)C1=CN(C(=O)C2=COC(Cc3ccccc3)O2)CCc2c1[nH]c1ccccc21. The van der Waals surface area contributed by atoms with E-state index in [9.17, 15) is 9.59 Å². The molecule has 34 heavy (non-hydrogen) atoms. The number of carbonyl (C=O) groups is 2. The third-order valence-corrected chi connectivity index (χ3v) is 5.84. The number of benzene rings is 2. The minimum absolute atomic E-state index is 0.115. The van der Waals surface area contributed by atoms with Crippen LogP contribution in [0.15, 0.2) is 72.8 Å². The number of amides is 1. The van der Waals surface area contributed by atoms with Gasteiger partial charge in [0.05, 0.1) is 17.4 Å². The van der Waals surface area contributed by atoms with Crippen LogP contribution in [0.4, 0.5) is 0 Å². The molecule has 2 aliphatic rings. The molecule has 0 radical (unpaired) electrons. The zero-order chi connectivity index (χ0) is 23.7. The predicted molar refractivity (Wildman–Crippen MR) is 127 cm³/mol. The number of aromatic amines is 1. The number of fused-ring (bicyclic) bond motifs is 3. The molecule has 0 saturated heterocycles. The van der Waals surface area contributed by atoms with Crippen molar-refractivity contribution in [1.82, 2.24) is 9.88 Å². The van der Waals surface area contributed by atoms with Crippen LogP contribution in [0.3, 0.4) is 0 Å². The Bertz CT molecular complexity index is 1290. The van der Waals surface area contributed by atoms with Crippen molar-refractivity contribution in [3.05, 3.63) is 89.6 Å². The number of esters is 1. The van der Waals surface area contributed by atoms with Crippen molar-refractivity contribution in [2.75, 3.05) is 6.54 Å². The smallest absolute Gasteiger partial charge is 0.342 e. The molecule has 7 nitrogen and oxygen atoms in total. The van der Waals surface area contributed by atoms with Crippen molar-refractivity contribution in [1.29, 1.82) is 0 Å². The van der Waals surface area contributed by atoms with Crippen LogP contribution in [0, 0.1) is 0 Å². The highest BCUT2D eigenvalue weighted by Gasteiger charge is 2.32. The lowest BCUT2D eigenvalue weighted by Gasteiger charge is -2.19. The average molecular weight is 459 g/mol. The lowest BCUT2D eigenvalue weighted by atomic mass is 10.0. The van der Waals surface area contributed by atoms with Crippen LogP contribution in [-0.2, 0) is 36.6 Å². The number of carbonyl (C=O) groups excluding carboxylic acids is 2. The molecule has 7 heteroatoms. The summed E-state index contributed by atoms with van der Waals surface area (Å²) in [5, 5.41) is 1.03. The van der Waals surface area contributed by atoms with Gasteiger partial charge >= 0.3 is 5.97 Å². The first-order valence-electron chi connectivity index (χ1n) is 11.4. The van der Waals surface area contributed by atoms with Crippen LogP contribution >= 0.6 is 0 Å². The maximum atomic E-state index is 13.3. The van der Waals surface area contributed by atoms with Crippen molar-refractivity contribution in [2.45, 2.75) is 39.1 Å². The van der Waals surface area contributed by atoms with Gasteiger partial charge in [-0.25, -0.2) is 4.79 Å². The van der Waals surface area contributed by atoms with Gasteiger partial charge in [-0.1, -0.05) is 48.5 Å². The van der Waals surface area contributed by atoms with Crippen LogP contribution in [-0.4, -0.2) is 40.7 Å². The summed E-state index contributed by atoms with van der Waals surface area (Å²) in [4.78, 5) is 31.2. The molecular weight excluding hydrogens is 432 g/mol. The number of nitrogens with one attached hydrogen (secondary N) is 1. The molecule has 0 bridgehead atoms. The Morgan fingerprint density at radius 2 is 1.88 bits per heavy atom. The summed E-state index contributed by atoms with van der Waals surface area (Å²) in [7, 11) is 0. The van der Waals surface area contributed by atoms with E-state index in [1.807, 2.05) is 54.6 Å². The van der Waals surface area contributed by atoms with E-state index in [2.05, 4.69) is 4.98 Å². The summed E-state index contributed by atoms with van der Waals surface area (Å²) in [5.41, 5.74) is 3.97. The van der Waals surface area contributed by atoms with Gasteiger partial charge in [-0.05, 0) is 37.5 Å². The summed E-state index contributed by atoms with van der Waals surface area (Å²) in [6, 6.07) is 17.7. The van der Waals surface area contributed by atoms with E-state index < -0.39 is 12.3 Å². The number of para-hydroxylation sites is 1. The van der Waals surface area contributed by atoms with E-state index >= 15 is 0 Å². The van der Waals surface area contributed by atoms with Crippen molar-refractivity contribution < 1.29 is 23.8 Å². The Labute approximate surface area is 197 Å². The van der Waals surface area contributed by atoms with Gasteiger partial charge in [-0.3, -0.25) is 4.79 Å². The average Bonchev–Trinajstić information content (AvgIpc) is 3.38. The highest BCUT2D eigenvalue weighted by Crippen LogP contribution is 2.32. The Hall–Kier alpha value is -4.00. The number of aromatic nitrogens is 1. The van der Waals surface area contributed by atoms with Gasteiger partial charge in [0.25, 0.3) is 5.91 Å². The molecule has 1 amide bonds. The summed E-state index contributed by atoms with van der Waals surface area (Å²) in [5.74, 6) is -0.730. The molecule has 2 aromatic carbocycles. The van der Waals surface area contributed by atoms with Crippen LogP contribution < -0.4 is 0 Å². The molecule has 0 fully saturated rings. The van der Waals surface area contributed by atoms with Crippen LogP contribution in [0.1, 0.15) is 30.7 Å². The second kappa shape index (κ2) is 9.09. The summed E-state index contributed by atoms with van der Waals surface area (Å²) in [6.07, 6.45) is 3.15. The van der Waals surface area contributed by atoms with E-state index in [1.165, 1.54) is 11.2 Å². The molecule has 0 aliphatic carbocycles. The van der Waals surface area contributed by atoms with Crippen LogP contribution in [0.5, 0.6) is 0 Å². The lowest BCUT2D eigenvalue weighted by Crippen LogP contribution is -2.30. The van der Waals surface area contributed by atoms with E-state index in [4.69, 9.17) is 14.2 Å². The van der Waals surface area contributed by atoms with Gasteiger partial charge in [0.1, 0.15) is 6.26 Å². The summed E-state index contributed by atoms with van der Waals surface area (Å²) in [6.45, 7) is 3.98. The number of hydrogen-bond donors (Lipinski definition) is 1. The largest absolute Gasteiger partial charge is 0.459 e. The molecule has 2 aliphatic heterocycles. The molecule has 1 atom stereocenters. The van der Waals surface area contributed by atoms with E-state index in [0.717, 1.165) is 22.0 Å². The number of ether oxygens (including phenoxy) is 3. The highest BCUT2D eigenvalue weighted by atomic mass is 16.7. The Morgan fingerprint density at radius 3 is 2.68 bits per heavy atom. The quantitative estimate of drug-likeness (QED) is 0.577. The van der Waals surface area contributed by atoms with Crippen molar-refractivity contribution >= 4 is 28.4 Å². The molecule has 3 heterocycles. The summed E-state index contributed by atoms with van der Waals surface area (Å²) < 4.78 is 16.9. The maximum absolute atomic E-state index is 13.3. The van der Waals surface area contributed by atoms with E-state index in [0.29, 0.717) is 30.7 Å². The standard InChI is InChI=1S/C27H26N2O5/c1-17(2)33-27(31)21-15-29(13-12-20-19-10-6-7-11-22(19)28-25(20)21)26(30)23-16-32-24(34-23)14-18-8-4-3-5-9-18/h3-11,15-17,24,28H,12-14H2,1-2H3. The fraction of sp³-hybridized carbons (Fsp3) is 0.259. The second-order valence-electron chi connectivity index (χ2n) is 8.62. The van der Waals surface area contributed by atoms with Crippen molar-refractivity contribution in [2.24, 2.45) is 0 Å². The molecule has 3 aromatic rings. The van der Waals surface area contributed by atoms with Gasteiger partial charge in [-0.15, -0.1) is 0 Å². The zero-order valence-corrected chi connectivity index (χ0v) is 19.1. The molecule has 174 valence electrons. The first-order chi connectivity index (χ1) is 16.5.